The van der Waals surface area contributed by atoms with Crippen LogP contribution in [-0.2, 0) is 0 Å². The minimum Gasteiger partial charge on any atom is -0.311 e. The Morgan fingerprint density at radius 1 is 1.67 bits per heavy atom. The fourth-order valence-electron chi connectivity index (χ4n) is 0.999. The fourth-order valence-corrected chi connectivity index (χ4v) is 1.56. The smallest absolute Gasteiger partial charge is 0.115 e. The van der Waals surface area contributed by atoms with Gasteiger partial charge < -0.3 is 5.32 Å². The van der Waals surface area contributed by atoms with Crippen LogP contribution in [0.2, 0.25) is 0 Å². The van der Waals surface area contributed by atoms with Gasteiger partial charge in [0, 0.05) is 24.2 Å². The van der Waals surface area contributed by atoms with Crippen molar-refractivity contribution in [2.24, 2.45) is 0 Å². The van der Waals surface area contributed by atoms with E-state index in [4.69, 9.17) is 0 Å². The Labute approximate surface area is 76.3 Å². The summed E-state index contributed by atoms with van der Waals surface area (Å²) >= 11 is 1.67. The minimum atomic E-state index is 0.797. The van der Waals surface area contributed by atoms with E-state index in [-0.39, 0.29) is 0 Å². The number of aromatic nitrogens is 1. The fraction of sp³-hybridized carbons (Fsp3) is 0.444. The molecule has 3 heteroatoms. The van der Waals surface area contributed by atoms with E-state index in [9.17, 15) is 0 Å². The third kappa shape index (κ3) is 2.43. The highest BCUT2D eigenvalue weighted by Crippen LogP contribution is 2.18. The molecule has 0 aromatic carbocycles. The second-order valence-electron chi connectivity index (χ2n) is 2.96. The van der Waals surface area contributed by atoms with Crippen LogP contribution < -0.4 is 5.32 Å². The molecule has 0 bridgehead atoms. The van der Waals surface area contributed by atoms with Crippen molar-refractivity contribution in [3.63, 3.8) is 0 Å². The number of thiazole rings is 1. The lowest BCUT2D eigenvalue weighted by Gasteiger charge is -1.93. The SMILES string of the molecule is C(=C\c1nccs1)/CNC1CC1. The Morgan fingerprint density at radius 2 is 2.58 bits per heavy atom. The average molecular weight is 180 g/mol. The largest absolute Gasteiger partial charge is 0.311 e. The van der Waals surface area contributed by atoms with Gasteiger partial charge in [-0.1, -0.05) is 6.08 Å². The van der Waals surface area contributed by atoms with Crippen molar-refractivity contribution in [2.45, 2.75) is 18.9 Å². The molecule has 1 aliphatic rings. The van der Waals surface area contributed by atoms with E-state index in [0.29, 0.717) is 0 Å². The van der Waals surface area contributed by atoms with Crippen LogP contribution >= 0.6 is 11.3 Å². The Morgan fingerprint density at radius 3 is 3.25 bits per heavy atom. The Bertz CT molecular complexity index is 250. The molecule has 12 heavy (non-hydrogen) atoms. The molecule has 0 aliphatic heterocycles. The van der Waals surface area contributed by atoms with Crippen molar-refractivity contribution in [3.05, 3.63) is 22.7 Å². The van der Waals surface area contributed by atoms with Crippen molar-refractivity contribution in [2.75, 3.05) is 6.54 Å². The van der Waals surface area contributed by atoms with Gasteiger partial charge in [0.15, 0.2) is 0 Å². The first kappa shape index (κ1) is 7.95. The number of rotatable bonds is 4. The molecule has 1 aromatic rings. The first-order valence-electron chi connectivity index (χ1n) is 4.24. The van der Waals surface area contributed by atoms with Crippen molar-refractivity contribution in [1.82, 2.24) is 10.3 Å². The molecule has 64 valence electrons. The van der Waals surface area contributed by atoms with E-state index in [1.807, 2.05) is 11.6 Å². The lowest BCUT2D eigenvalue weighted by Crippen LogP contribution is -2.15. The Kier molecular flexibility index (Phi) is 2.54. The minimum absolute atomic E-state index is 0.797. The monoisotopic (exact) mass is 180 g/mol. The van der Waals surface area contributed by atoms with Crippen LogP contribution in [0.4, 0.5) is 0 Å². The van der Waals surface area contributed by atoms with Gasteiger partial charge in [-0.15, -0.1) is 11.3 Å². The van der Waals surface area contributed by atoms with E-state index >= 15 is 0 Å². The molecule has 1 heterocycles. The molecule has 0 atom stereocenters. The third-order valence-corrected chi connectivity index (χ3v) is 2.55. The lowest BCUT2D eigenvalue weighted by atomic mass is 10.5. The van der Waals surface area contributed by atoms with Crippen LogP contribution in [0.15, 0.2) is 17.7 Å². The number of nitrogens with one attached hydrogen (secondary N) is 1. The van der Waals surface area contributed by atoms with Gasteiger partial charge in [0.05, 0.1) is 0 Å². The van der Waals surface area contributed by atoms with Crippen molar-refractivity contribution in [1.29, 1.82) is 0 Å². The molecule has 0 spiro atoms. The molecule has 0 unspecified atom stereocenters. The molecular weight excluding hydrogens is 168 g/mol. The number of hydrogen-bond donors (Lipinski definition) is 1. The van der Waals surface area contributed by atoms with Crippen LogP contribution in [0, 0.1) is 0 Å². The second kappa shape index (κ2) is 3.83. The summed E-state index contributed by atoms with van der Waals surface area (Å²) in [7, 11) is 0. The van der Waals surface area contributed by atoms with Crippen molar-refractivity contribution < 1.29 is 0 Å². The maximum atomic E-state index is 4.15. The van der Waals surface area contributed by atoms with E-state index in [0.717, 1.165) is 17.6 Å². The van der Waals surface area contributed by atoms with Gasteiger partial charge in [0.2, 0.25) is 0 Å². The third-order valence-electron chi connectivity index (χ3n) is 1.81. The number of nitrogens with zero attached hydrogens (tertiary/aromatic N) is 1. The molecule has 1 N–H and O–H groups in total. The average Bonchev–Trinajstić information content (AvgIpc) is 2.76. The normalized spacial score (nSPS) is 17.3. The maximum Gasteiger partial charge on any atom is 0.115 e. The zero-order chi connectivity index (χ0) is 8.23. The summed E-state index contributed by atoms with van der Waals surface area (Å²) in [4.78, 5) is 4.15. The van der Waals surface area contributed by atoms with E-state index < -0.39 is 0 Å². The summed E-state index contributed by atoms with van der Waals surface area (Å²) in [6.07, 6.45) is 8.74. The predicted octanol–water partition coefficient (Wildman–Crippen LogP) is 1.91. The van der Waals surface area contributed by atoms with E-state index in [2.05, 4.69) is 22.5 Å². The molecule has 1 fully saturated rings. The van der Waals surface area contributed by atoms with E-state index in [1.54, 1.807) is 11.3 Å². The van der Waals surface area contributed by atoms with Crippen LogP contribution in [-0.4, -0.2) is 17.6 Å². The van der Waals surface area contributed by atoms with Crippen LogP contribution in [0.3, 0.4) is 0 Å². The first-order chi connectivity index (χ1) is 5.95. The van der Waals surface area contributed by atoms with Crippen LogP contribution in [0.1, 0.15) is 17.8 Å². The molecule has 1 aromatic heterocycles. The zero-order valence-electron chi connectivity index (χ0n) is 6.86. The summed E-state index contributed by atoms with van der Waals surface area (Å²) in [5.41, 5.74) is 0. The van der Waals surface area contributed by atoms with Gasteiger partial charge in [0.1, 0.15) is 5.01 Å². The Hall–Kier alpha value is -0.670. The topological polar surface area (TPSA) is 24.9 Å². The summed E-state index contributed by atoms with van der Waals surface area (Å²) in [6.45, 7) is 0.976. The predicted molar refractivity (Wildman–Crippen MR) is 52.2 cm³/mol. The Balaban J connectivity index is 1.70. The highest BCUT2D eigenvalue weighted by molar-refractivity contribution is 7.10. The zero-order valence-corrected chi connectivity index (χ0v) is 7.68. The van der Waals surface area contributed by atoms with Gasteiger partial charge in [-0.25, -0.2) is 4.98 Å². The lowest BCUT2D eigenvalue weighted by molar-refractivity contribution is 0.754. The van der Waals surface area contributed by atoms with Gasteiger partial charge in [-0.3, -0.25) is 0 Å². The summed E-state index contributed by atoms with van der Waals surface area (Å²) in [5.74, 6) is 0. The van der Waals surface area contributed by atoms with Gasteiger partial charge in [0.25, 0.3) is 0 Å². The summed E-state index contributed by atoms with van der Waals surface area (Å²) in [5, 5.41) is 6.49. The highest BCUT2D eigenvalue weighted by atomic mass is 32.1. The van der Waals surface area contributed by atoms with Crippen molar-refractivity contribution >= 4 is 17.4 Å². The molecular formula is C9H12N2S. The molecule has 1 aliphatic carbocycles. The molecule has 0 saturated heterocycles. The molecule has 1 saturated carbocycles. The van der Waals surface area contributed by atoms with Crippen LogP contribution in [0.25, 0.3) is 6.08 Å². The molecule has 2 nitrogen and oxygen atoms in total. The summed E-state index contributed by atoms with van der Waals surface area (Å²) < 4.78 is 0. The second-order valence-corrected chi connectivity index (χ2v) is 3.88. The number of hydrogen-bond acceptors (Lipinski definition) is 3. The maximum absolute atomic E-state index is 4.15. The molecule has 0 amide bonds. The quantitative estimate of drug-likeness (QED) is 0.765. The van der Waals surface area contributed by atoms with Gasteiger partial charge in [-0.05, 0) is 18.9 Å². The summed E-state index contributed by atoms with van der Waals surface area (Å²) in [6, 6.07) is 0.797. The first-order valence-corrected chi connectivity index (χ1v) is 5.12. The van der Waals surface area contributed by atoms with Crippen molar-refractivity contribution in [3.8, 4) is 0 Å². The molecule has 2 rings (SSSR count). The van der Waals surface area contributed by atoms with Gasteiger partial charge >= 0.3 is 0 Å². The standard InChI is InChI=1S/C9H12N2S/c1(5-10-8-3-4-8)2-9-11-6-7-12-9/h1-2,6-8,10H,3-5H2/b2-1+. The van der Waals surface area contributed by atoms with E-state index in [1.165, 1.54) is 12.8 Å². The highest BCUT2D eigenvalue weighted by Gasteiger charge is 2.18. The van der Waals surface area contributed by atoms with Crippen LogP contribution in [0.5, 0.6) is 0 Å². The van der Waals surface area contributed by atoms with Gasteiger partial charge in [-0.2, -0.15) is 0 Å². The molecule has 0 radical (unpaired) electrons.